The number of aromatic nitrogens is 1. The van der Waals surface area contributed by atoms with Gasteiger partial charge >= 0.3 is 0 Å². The molecule has 3 heteroatoms. The second-order valence-electron chi connectivity index (χ2n) is 3.74. The molecule has 2 rings (SSSR count). The minimum atomic E-state index is 1.09. The number of nitrogens with zero attached hydrogens (tertiary/aromatic N) is 1. The molecule has 0 N–H and O–H groups in total. The highest BCUT2D eigenvalue weighted by molar-refractivity contribution is 9.10. The third-order valence-electron chi connectivity index (χ3n) is 2.42. The summed E-state index contributed by atoms with van der Waals surface area (Å²) in [6, 6.07) is 8.29. The van der Waals surface area contributed by atoms with Crippen LogP contribution >= 0.6 is 27.3 Å². The SMILES string of the molecule is CCCCc1nc(-c2cccc(Br)c2)cs1. The Balaban J connectivity index is 2.18. The van der Waals surface area contributed by atoms with Crippen LogP contribution in [0.15, 0.2) is 34.1 Å². The number of unbranched alkanes of at least 4 members (excludes halogenated alkanes) is 1. The van der Waals surface area contributed by atoms with Gasteiger partial charge in [-0.2, -0.15) is 0 Å². The van der Waals surface area contributed by atoms with E-state index in [1.807, 2.05) is 12.1 Å². The van der Waals surface area contributed by atoms with Gasteiger partial charge in [0.1, 0.15) is 0 Å². The van der Waals surface area contributed by atoms with Crippen molar-refractivity contribution in [2.45, 2.75) is 26.2 Å². The van der Waals surface area contributed by atoms with E-state index in [1.165, 1.54) is 23.4 Å². The standard InChI is InChI=1S/C13H14BrNS/c1-2-3-7-13-15-12(9-16-13)10-5-4-6-11(14)8-10/h4-6,8-9H,2-3,7H2,1H3. The summed E-state index contributed by atoms with van der Waals surface area (Å²) in [4.78, 5) is 4.66. The maximum atomic E-state index is 4.66. The summed E-state index contributed by atoms with van der Waals surface area (Å²) in [5.41, 5.74) is 2.28. The normalized spacial score (nSPS) is 10.6. The predicted octanol–water partition coefficient (Wildman–Crippen LogP) is 4.92. The molecule has 0 atom stereocenters. The minimum Gasteiger partial charge on any atom is -0.241 e. The maximum Gasteiger partial charge on any atom is 0.0932 e. The lowest BCUT2D eigenvalue weighted by Gasteiger charge is -1.97. The summed E-state index contributed by atoms with van der Waals surface area (Å²) in [6.45, 7) is 2.21. The van der Waals surface area contributed by atoms with Gasteiger partial charge in [-0.1, -0.05) is 41.4 Å². The first-order chi connectivity index (χ1) is 7.79. The van der Waals surface area contributed by atoms with E-state index in [2.05, 4.69) is 45.4 Å². The first-order valence-corrected chi connectivity index (χ1v) is 7.17. The van der Waals surface area contributed by atoms with Crippen LogP contribution in [0.2, 0.25) is 0 Å². The number of hydrogen-bond acceptors (Lipinski definition) is 2. The van der Waals surface area contributed by atoms with Crippen molar-refractivity contribution < 1.29 is 0 Å². The molecule has 84 valence electrons. The van der Waals surface area contributed by atoms with Gasteiger partial charge in [-0.15, -0.1) is 11.3 Å². The van der Waals surface area contributed by atoms with Crippen molar-refractivity contribution in [3.63, 3.8) is 0 Å². The average molecular weight is 296 g/mol. The lowest BCUT2D eigenvalue weighted by molar-refractivity contribution is 0.790. The van der Waals surface area contributed by atoms with Gasteiger partial charge in [-0.05, 0) is 25.0 Å². The zero-order valence-corrected chi connectivity index (χ0v) is 11.6. The van der Waals surface area contributed by atoms with Crippen molar-refractivity contribution in [3.05, 3.63) is 39.1 Å². The molecule has 0 bridgehead atoms. The van der Waals surface area contributed by atoms with Crippen LogP contribution in [0.1, 0.15) is 24.8 Å². The van der Waals surface area contributed by atoms with Crippen molar-refractivity contribution in [3.8, 4) is 11.3 Å². The highest BCUT2D eigenvalue weighted by Gasteiger charge is 2.04. The van der Waals surface area contributed by atoms with Gasteiger partial charge in [0.25, 0.3) is 0 Å². The monoisotopic (exact) mass is 295 g/mol. The van der Waals surface area contributed by atoms with Gasteiger partial charge in [0.15, 0.2) is 0 Å². The molecule has 0 aliphatic carbocycles. The first-order valence-electron chi connectivity index (χ1n) is 5.50. The fourth-order valence-corrected chi connectivity index (χ4v) is 2.78. The van der Waals surface area contributed by atoms with Crippen LogP contribution in [0.5, 0.6) is 0 Å². The van der Waals surface area contributed by atoms with Crippen LogP contribution in [-0.2, 0) is 6.42 Å². The molecule has 1 aromatic carbocycles. The second kappa shape index (κ2) is 5.60. The number of hydrogen-bond donors (Lipinski definition) is 0. The summed E-state index contributed by atoms with van der Waals surface area (Å²) >= 11 is 5.25. The molecule has 0 unspecified atom stereocenters. The Labute approximate surface area is 109 Å². The molecular formula is C13H14BrNS. The Hall–Kier alpha value is -0.670. The molecule has 0 amide bonds. The third kappa shape index (κ3) is 2.92. The molecule has 1 aromatic heterocycles. The topological polar surface area (TPSA) is 12.9 Å². The fraction of sp³-hybridized carbons (Fsp3) is 0.308. The summed E-state index contributed by atoms with van der Waals surface area (Å²) in [5, 5.41) is 3.39. The van der Waals surface area contributed by atoms with Gasteiger partial charge in [-0.3, -0.25) is 0 Å². The quantitative estimate of drug-likeness (QED) is 0.780. The highest BCUT2D eigenvalue weighted by Crippen LogP contribution is 2.25. The molecule has 0 radical (unpaired) electrons. The minimum absolute atomic E-state index is 1.09. The molecule has 0 saturated heterocycles. The molecule has 1 nitrogen and oxygen atoms in total. The lowest BCUT2D eigenvalue weighted by atomic mass is 10.2. The third-order valence-corrected chi connectivity index (χ3v) is 3.82. The van der Waals surface area contributed by atoms with E-state index in [9.17, 15) is 0 Å². The number of thiazole rings is 1. The summed E-state index contributed by atoms with van der Waals surface area (Å²) in [5.74, 6) is 0. The van der Waals surface area contributed by atoms with Gasteiger partial charge in [0.2, 0.25) is 0 Å². The average Bonchev–Trinajstić information content (AvgIpc) is 2.75. The summed E-state index contributed by atoms with van der Waals surface area (Å²) in [6.07, 6.45) is 3.56. The van der Waals surface area contributed by atoms with Crippen LogP contribution in [-0.4, -0.2) is 4.98 Å². The molecule has 0 aliphatic heterocycles. The van der Waals surface area contributed by atoms with E-state index in [1.54, 1.807) is 11.3 Å². The molecular weight excluding hydrogens is 282 g/mol. The van der Waals surface area contributed by atoms with E-state index in [0.717, 1.165) is 16.6 Å². The van der Waals surface area contributed by atoms with Gasteiger partial charge in [0.05, 0.1) is 10.7 Å². The van der Waals surface area contributed by atoms with Gasteiger partial charge < -0.3 is 0 Å². The number of halogens is 1. The van der Waals surface area contributed by atoms with Crippen LogP contribution in [0.3, 0.4) is 0 Å². The smallest absolute Gasteiger partial charge is 0.0932 e. The molecule has 2 aromatic rings. The predicted molar refractivity (Wildman–Crippen MR) is 73.9 cm³/mol. The maximum absolute atomic E-state index is 4.66. The Morgan fingerprint density at radius 2 is 2.25 bits per heavy atom. The second-order valence-corrected chi connectivity index (χ2v) is 5.60. The van der Waals surface area contributed by atoms with Crippen molar-refractivity contribution >= 4 is 27.3 Å². The Kier molecular flexibility index (Phi) is 4.13. The van der Waals surface area contributed by atoms with Crippen molar-refractivity contribution in [2.24, 2.45) is 0 Å². The van der Waals surface area contributed by atoms with Gasteiger partial charge in [0, 0.05) is 15.4 Å². The van der Waals surface area contributed by atoms with E-state index in [-0.39, 0.29) is 0 Å². The van der Waals surface area contributed by atoms with Crippen LogP contribution in [0.4, 0.5) is 0 Å². The van der Waals surface area contributed by atoms with Crippen molar-refractivity contribution in [1.82, 2.24) is 4.98 Å². The molecule has 0 spiro atoms. The van der Waals surface area contributed by atoms with Crippen LogP contribution in [0, 0.1) is 0 Å². The Bertz CT molecular complexity index is 464. The highest BCUT2D eigenvalue weighted by atomic mass is 79.9. The number of aryl methyl sites for hydroxylation is 1. The molecule has 0 saturated carbocycles. The largest absolute Gasteiger partial charge is 0.241 e. The number of rotatable bonds is 4. The Morgan fingerprint density at radius 3 is 3.00 bits per heavy atom. The van der Waals surface area contributed by atoms with Crippen molar-refractivity contribution in [2.75, 3.05) is 0 Å². The van der Waals surface area contributed by atoms with E-state index in [0.29, 0.717) is 0 Å². The molecule has 16 heavy (non-hydrogen) atoms. The van der Waals surface area contributed by atoms with E-state index < -0.39 is 0 Å². The first kappa shape index (κ1) is 11.8. The van der Waals surface area contributed by atoms with Crippen LogP contribution in [0.25, 0.3) is 11.3 Å². The molecule has 0 aliphatic rings. The van der Waals surface area contributed by atoms with E-state index in [4.69, 9.17) is 0 Å². The Morgan fingerprint density at radius 1 is 1.38 bits per heavy atom. The summed E-state index contributed by atoms with van der Waals surface area (Å²) in [7, 11) is 0. The van der Waals surface area contributed by atoms with Crippen LogP contribution < -0.4 is 0 Å². The van der Waals surface area contributed by atoms with Gasteiger partial charge in [-0.25, -0.2) is 4.98 Å². The fourth-order valence-electron chi connectivity index (χ4n) is 1.53. The molecule has 1 heterocycles. The number of benzene rings is 1. The lowest BCUT2D eigenvalue weighted by Crippen LogP contribution is -1.83. The van der Waals surface area contributed by atoms with E-state index >= 15 is 0 Å². The molecule has 0 fully saturated rings. The van der Waals surface area contributed by atoms with Crippen molar-refractivity contribution in [1.29, 1.82) is 0 Å². The zero-order valence-electron chi connectivity index (χ0n) is 9.24. The zero-order chi connectivity index (χ0) is 11.4. The summed E-state index contributed by atoms with van der Waals surface area (Å²) < 4.78 is 1.10.